The highest BCUT2D eigenvalue weighted by atomic mass is 16.3. The van der Waals surface area contributed by atoms with Crippen LogP contribution in [0.5, 0.6) is 0 Å². The second kappa shape index (κ2) is 4.89. The number of benzene rings is 1. The van der Waals surface area contributed by atoms with Crippen molar-refractivity contribution < 1.29 is 5.11 Å². The van der Waals surface area contributed by atoms with Crippen LogP contribution in [0.3, 0.4) is 0 Å². The number of hydrogen-bond acceptors (Lipinski definition) is 1. The zero-order chi connectivity index (χ0) is 13.3. The zero-order valence-corrected chi connectivity index (χ0v) is 11.7. The van der Waals surface area contributed by atoms with E-state index in [0.29, 0.717) is 11.8 Å². The molecule has 1 heteroatoms. The van der Waals surface area contributed by atoms with E-state index >= 15 is 0 Å². The van der Waals surface area contributed by atoms with Gasteiger partial charge in [0.15, 0.2) is 0 Å². The Morgan fingerprint density at radius 2 is 2.17 bits per heavy atom. The van der Waals surface area contributed by atoms with Crippen molar-refractivity contribution in [2.24, 2.45) is 11.3 Å². The third-order valence-electron chi connectivity index (χ3n) is 4.72. The molecule has 0 bridgehead atoms. The van der Waals surface area contributed by atoms with E-state index in [0.717, 1.165) is 12.8 Å². The summed E-state index contributed by atoms with van der Waals surface area (Å²) in [5, 5.41) is 9.90. The van der Waals surface area contributed by atoms with E-state index < -0.39 is 0 Å². The summed E-state index contributed by atoms with van der Waals surface area (Å²) < 4.78 is 0. The molecule has 98 valence electrons. The van der Waals surface area contributed by atoms with E-state index in [1.54, 1.807) is 0 Å². The van der Waals surface area contributed by atoms with Crippen molar-refractivity contribution in [1.82, 2.24) is 0 Å². The average Bonchev–Trinajstić information content (AvgIpc) is 2.67. The van der Waals surface area contributed by atoms with Gasteiger partial charge >= 0.3 is 0 Å². The van der Waals surface area contributed by atoms with Crippen molar-refractivity contribution in [3.63, 3.8) is 0 Å². The van der Waals surface area contributed by atoms with Gasteiger partial charge in [-0.25, -0.2) is 0 Å². The molecule has 1 fully saturated rings. The first-order valence-electron chi connectivity index (χ1n) is 6.82. The number of hydrogen-bond donors (Lipinski definition) is 1. The highest BCUT2D eigenvalue weighted by Gasteiger charge is 2.46. The standard InChI is InChI=1S/C17H24O/c1-12(2)15-8-9-16(17(15,4)11-18)14-7-5-6-13(3)10-14/h5-7,10,15-16,18H,1,8-9,11H2,2-4H3/t15-,16-,17+/m1/s1. The molecule has 3 atom stereocenters. The molecule has 0 spiro atoms. The monoisotopic (exact) mass is 244 g/mol. The fourth-order valence-corrected chi connectivity index (χ4v) is 3.70. The molecule has 1 N–H and O–H groups in total. The number of aryl methyl sites for hydroxylation is 1. The SMILES string of the molecule is C=C(C)[C@H]1CC[C@H](c2cccc(C)c2)[C@@]1(C)CO. The molecule has 0 heterocycles. The molecular formula is C17H24O. The fraction of sp³-hybridized carbons (Fsp3) is 0.529. The Labute approximate surface area is 111 Å². The molecule has 1 aromatic rings. The normalized spacial score (nSPS) is 31.6. The van der Waals surface area contributed by atoms with E-state index in [9.17, 15) is 5.11 Å². The number of allylic oxidation sites excluding steroid dienone is 1. The predicted molar refractivity (Wildman–Crippen MR) is 76.7 cm³/mol. The Balaban J connectivity index is 2.37. The van der Waals surface area contributed by atoms with Gasteiger partial charge < -0.3 is 5.11 Å². The molecule has 0 aliphatic heterocycles. The molecule has 1 aliphatic rings. The smallest absolute Gasteiger partial charge is 0.0496 e. The predicted octanol–water partition coefficient (Wildman–Crippen LogP) is 4.06. The summed E-state index contributed by atoms with van der Waals surface area (Å²) in [6.07, 6.45) is 2.29. The van der Waals surface area contributed by atoms with Crippen molar-refractivity contribution in [2.45, 2.75) is 39.5 Å². The highest BCUT2D eigenvalue weighted by Crippen LogP contribution is 2.54. The van der Waals surface area contributed by atoms with Crippen LogP contribution in [-0.2, 0) is 0 Å². The largest absolute Gasteiger partial charge is 0.396 e. The zero-order valence-electron chi connectivity index (χ0n) is 11.7. The lowest BCUT2D eigenvalue weighted by molar-refractivity contribution is 0.100. The first-order chi connectivity index (χ1) is 8.49. The molecular weight excluding hydrogens is 220 g/mol. The van der Waals surface area contributed by atoms with Gasteiger partial charge in [-0.1, -0.05) is 48.9 Å². The van der Waals surface area contributed by atoms with E-state index in [1.807, 2.05) is 0 Å². The second-order valence-electron chi connectivity index (χ2n) is 6.11. The molecule has 1 aliphatic carbocycles. The van der Waals surface area contributed by atoms with Crippen LogP contribution < -0.4 is 0 Å². The van der Waals surface area contributed by atoms with Gasteiger partial charge in [-0.2, -0.15) is 0 Å². The first kappa shape index (κ1) is 13.4. The highest BCUT2D eigenvalue weighted by molar-refractivity contribution is 5.30. The third kappa shape index (κ3) is 2.12. The summed E-state index contributed by atoms with van der Waals surface area (Å²) in [5.41, 5.74) is 3.82. The van der Waals surface area contributed by atoms with Gasteiger partial charge in [0.1, 0.15) is 0 Å². The van der Waals surface area contributed by atoms with Crippen LogP contribution in [0.15, 0.2) is 36.4 Å². The van der Waals surface area contributed by atoms with E-state index in [1.165, 1.54) is 16.7 Å². The summed E-state index contributed by atoms with van der Waals surface area (Å²) in [6.45, 7) is 10.8. The average molecular weight is 244 g/mol. The van der Waals surface area contributed by atoms with Crippen LogP contribution in [0.1, 0.15) is 43.7 Å². The van der Waals surface area contributed by atoms with Gasteiger partial charge in [-0.3, -0.25) is 0 Å². The molecule has 0 radical (unpaired) electrons. The van der Waals surface area contributed by atoms with Crippen LogP contribution in [0.4, 0.5) is 0 Å². The van der Waals surface area contributed by atoms with Crippen molar-refractivity contribution in [2.75, 3.05) is 6.61 Å². The van der Waals surface area contributed by atoms with Gasteiger partial charge in [0.25, 0.3) is 0 Å². The molecule has 0 aromatic heterocycles. The second-order valence-corrected chi connectivity index (χ2v) is 6.11. The topological polar surface area (TPSA) is 20.2 Å². The summed E-state index contributed by atoms with van der Waals surface area (Å²) in [5.74, 6) is 0.886. The molecule has 1 saturated carbocycles. The molecule has 1 nitrogen and oxygen atoms in total. The Morgan fingerprint density at radius 3 is 2.72 bits per heavy atom. The first-order valence-corrected chi connectivity index (χ1v) is 6.82. The lowest BCUT2D eigenvalue weighted by Crippen LogP contribution is -2.32. The van der Waals surface area contributed by atoms with Gasteiger partial charge in [-0.15, -0.1) is 0 Å². The molecule has 1 aromatic carbocycles. The lowest BCUT2D eigenvalue weighted by Gasteiger charge is -2.36. The van der Waals surface area contributed by atoms with Crippen LogP contribution >= 0.6 is 0 Å². The van der Waals surface area contributed by atoms with Crippen molar-refractivity contribution in [3.05, 3.63) is 47.5 Å². The molecule has 2 rings (SSSR count). The van der Waals surface area contributed by atoms with E-state index in [2.05, 4.69) is 51.6 Å². The molecule has 0 unspecified atom stereocenters. The minimum absolute atomic E-state index is 0.0559. The van der Waals surface area contributed by atoms with Gasteiger partial charge in [0.05, 0.1) is 0 Å². The van der Waals surface area contributed by atoms with Crippen molar-refractivity contribution in [3.8, 4) is 0 Å². The Morgan fingerprint density at radius 1 is 1.44 bits per heavy atom. The van der Waals surface area contributed by atoms with Crippen molar-refractivity contribution in [1.29, 1.82) is 0 Å². The fourth-order valence-electron chi connectivity index (χ4n) is 3.70. The summed E-state index contributed by atoms with van der Waals surface area (Å²) in [7, 11) is 0. The molecule has 0 amide bonds. The quantitative estimate of drug-likeness (QED) is 0.795. The minimum Gasteiger partial charge on any atom is -0.396 e. The number of rotatable bonds is 3. The third-order valence-corrected chi connectivity index (χ3v) is 4.72. The van der Waals surface area contributed by atoms with Crippen LogP contribution in [0, 0.1) is 18.3 Å². The summed E-state index contributed by atoms with van der Waals surface area (Å²) in [6, 6.07) is 8.72. The van der Waals surface area contributed by atoms with Gasteiger partial charge in [0, 0.05) is 12.0 Å². The summed E-state index contributed by atoms with van der Waals surface area (Å²) in [4.78, 5) is 0. The van der Waals surface area contributed by atoms with Crippen molar-refractivity contribution >= 4 is 0 Å². The number of aliphatic hydroxyl groups excluding tert-OH is 1. The Hall–Kier alpha value is -1.08. The maximum Gasteiger partial charge on any atom is 0.0496 e. The summed E-state index contributed by atoms with van der Waals surface area (Å²) >= 11 is 0. The Kier molecular flexibility index (Phi) is 3.63. The van der Waals surface area contributed by atoms with Gasteiger partial charge in [-0.05, 0) is 44.1 Å². The number of aliphatic hydroxyl groups is 1. The maximum atomic E-state index is 9.90. The minimum atomic E-state index is -0.0559. The van der Waals surface area contributed by atoms with Crippen LogP contribution in [-0.4, -0.2) is 11.7 Å². The van der Waals surface area contributed by atoms with Crippen LogP contribution in [0.25, 0.3) is 0 Å². The molecule has 18 heavy (non-hydrogen) atoms. The maximum absolute atomic E-state index is 9.90. The van der Waals surface area contributed by atoms with Crippen LogP contribution in [0.2, 0.25) is 0 Å². The van der Waals surface area contributed by atoms with E-state index in [4.69, 9.17) is 0 Å². The Bertz CT molecular complexity index is 449. The van der Waals surface area contributed by atoms with E-state index in [-0.39, 0.29) is 12.0 Å². The lowest BCUT2D eigenvalue weighted by atomic mass is 9.69. The van der Waals surface area contributed by atoms with Gasteiger partial charge in [0.2, 0.25) is 0 Å². The molecule has 0 saturated heterocycles.